The van der Waals surface area contributed by atoms with E-state index in [1.807, 2.05) is 49.6 Å². The van der Waals surface area contributed by atoms with Crippen molar-refractivity contribution < 1.29 is 4.79 Å². The quantitative estimate of drug-likeness (QED) is 0.444. The highest BCUT2D eigenvalue weighted by Gasteiger charge is 2.18. The van der Waals surface area contributed by atoms with Gasteiger partial charge in [-0.25, -0.2) is 4.98 Å². The first-order chi connectivity index (χ1) is 14.8. The lowest BCUT2D eigenvalue weighted by Gasteiger charge is -2.09. The van der Waals surface area contributed by atoms with Crippen LogP contribution in [0.25, 0.3) is 16.4 Å². The first kappa shape index (κ1) is 21.1. The molecule has 4 rings (SSSR count). The topological polar surface area (TPSA) is 79.8 Å². The number of halogens is 1. The van der Waals surface area contributed by atoms with Crippen molar-refractivity contribution in [2.75, 3.05) is 5.32 Å². The second kappa shape index (κ2) is 8.53. The van der Waals surface area contributed by atoms with Crippen LogP contribution in [0, 0.1) is 20.8 Å². The smallest absolute Gasteiger partial charge is 0.277 e. The van der Waals surface area contributed by atoms with Gasteiger partial charge in [0.2, 0.25) is 11.0 Å². The number of carbonyl (C=O) groups is 1. The van der Waals surface area contributed by atoms with E-state index in [0.29, 0.717) is 21.4 Å². The summed E-state index contributed by atoms with van der Waals surface area (Å²) in [6.07, 6.45) is -0.0169. The van der Waals surface area contributed by atoms with E-state index < -0.39 is 0 Å². The highest BCUT2D eigenvalue weighted by molar-refractivity contribution is 7.12. The van der Waals surface area contributed by atoms with E-state index in [1.54, 1.807) is 19.1 Å². The van der Waals surface area contributed by atoms with Crippen LogP contribution in [0.1, 0.15) is 22.4 Å². The maximum absolute atomic E-state index is 13.0. The minimum absolute atomic E-state index is 0.0169. The zero-order valence-electron chi connectivity index (χ0n) is 17.3. The number of benzene rings is 2. The Kier molecular flexibility index (Phi) is 5.80. The summed E-state index contributed by atoms with van der Waals surface area (Å²) in [5.41, 5.74) is 5.32. The van der Waals surface area contributed by atoms with Crippen LogP contribution in [-0.4, -0.2) is 20.7 Å². The van der Waals surface area contributed by atoms with Crippen molar-refractivity contribution in [2.45, 2.75) is 27.2 Å². The van der Waals surface area contributed by atoms with Gasteiger partial charge in [0.25, 0.3) is 5.56 Å². The Labute approximate surface area is 188 Å². The number of rotatable bonds is 5. The fourth-order valence-corrected chi connectivity index (χ4v) is 4.20. The first-order valence-corrected chi connectivity index (χ1v) is 11.0. The van der Waals surface area contributed by atoms with Gasteiger partial charge in [-0.15, -0.1) is 11.3 Å². The van der Waals surface area contributed by atoms with Gasteiger partial charge >= 0.3 is 0 Å². The Bertz CT molecular complexity index is 1320. The molecule has 0 aliphatic carbocycles. The van der Waals surface area contributed by atoms with Crippen molar-refractivity contribution in [3.05, 3.63) is 85.6 Å². The molecule has 0 fully saturated rings. The highest BCUT2D eigenvalue weighted by atomic mass is 35.5. The molecule has 0 radical (unpaired) electrons. The molecule has 0 saturated carbocycles. The molecule has 4 aromatic rings. The van der Waals surface area contributed by atoms with E-state index >= 15 is 0 Å². The summed E-state index contributed by atoms with van der Waals surface area (Å²) in [5.74, 6) is -0.235. The number of aryl methyl sites for hydroxylation is 2. The number of thiazole rings is 1. The molecular weight excluding hydrogens is 432 g/mol. The van der Waals surface area contributed by atoms with Crippen LogP contribution in [0.5, 0.6) is 0 Å². The molecule has 6 nitrogen and oxygen atoms in total. The summed E-state index contributed by atoms with van der Waals surface area (Å²) in [6, 6.07) is 13.1. The summed E-state index contributed by atoms with van der Waals surface area (Å²) >= 11 is 7.30. The van der Waals surface area contributed by atoms with Gasteiger partial charge in [-0.3, -0.25) is 14.7 Å². The third-order valence-electron chi connectivity index (χ3n) is 5.23. The van der Waals surface area contributed by atoms with Gasteiger partial charge < -0.3 is 5.32 Å². The molecule has 0 saturated heterocycles. The van der Waals surface area contributed by atoms with E-state index in [0.717, 1.165) is 28.1 Å². The molecular formula is C23H21ClN4O2S. The van der Waals surface area contributed by atoms with Crippen LogP contribution in [-0.2, 0) is 11.2 Å². The minimum Gasteiger partial charge on any atom is -0.326 e. The second-order valence-corrected chi connectivity index (χ2v) is 8.62. The fraction of sp³-hybridized carbons (Fsp3) is 0.174. The van der Waals surface area contributed by atoms with Crippen molar-refractivity contribution in [3.63, 3.8) is 0 Å². The van der Waals surface area contributed by atoms with Crippen LogP contribution in [0.3, 0.4) is 0 Å². The summed E-state index contributed by atoms with van der Waals surface area (Å²) in [4.78, 5) is 30.2. The molecule has 0 unspecified atom stereocenters. The standard InChI is InChI=1S/C23H21ClN4O2S/c1-13-5-4-6-19(14(13)2)25-21(29)11-18-15(3)27-28(22(18)30)23-26-20(12-31-23)16-7-9-17(24)10-8-16/h4-10,12,27H,11H2,1-3H3,(H,25,29). The third-order valence-corrected chi connectivity index (χ3v) is 6.31. The zero-order valence-corrected chi connectivity index (χ0v) is 18.9. The third kappa shape index (κ3) is 4.33. The van der Waals surface area contributed by atoms with Gasteiger partial charge in [0.05, 0.1) is 12.1 Å². The normalized spacial score (nSPS) is 11.0. The average Bonchev–Trinajstić information content (AvgIpc) is 3.32. The Hall–Kier alpha value is -3.16. The minimum atomic E-state index is -0.273. The SMILES string of the molecule is Cc1cccc(NC(=O)Cc2c(C)[nH]n(-c3nc(-c4ccc(Cl)cc4)cs3)c2=O)c1C. The number of anilines is 1. The van der Waals surface area contributed by atoms with E-state index in [1.165, 1.54) is 16.0 Å². The monoisotopic (exact) mass is 452 g/mol. The number of aromatic amines is 1. The van der Waals surface area contributed by atoms with E-state index in [9.17, 15) is 9.59 Å². The summed E-state index contributed by atoms with van der Waals surface area (Å²) in [5, 5.41) is 9.00. The first-order valence-electron chi connectivity index (χ1n) is 9.72. The van der Waals surface area contributed by atoms with Crippen LogP contribution in [0.2, 0.25) is 5.02 Å². The van der Waals surface area contributed by atoms with Crippen molar-refractivity contribution in [1.29, 1.82) is 0 Å². The molecule has 2 aromatic carbocycles. The van der Waals surface area contributed by atoms with Gasteiger partial charge in [0.15, 0.2) is 0 Å². The van der Waals surface area contributed by atoms with E-state index in [-0.39, 0.29) is 17.9 Å². The highest BCUT2D eigenvalue weighted by Crippen LogP contribution is 2.25. The average molecular weight is 453 g/mol. The van der Waals surface area contributed by atoms with Crippen LogP contribution >= 0.6 is 22.9 Å². The lowest BCUT2D eigenvalue weighted by molar-refractivity contribution is -0.115. The van der Waals surface area contributed by atoms with Gasteiger partial charge in [0, 0.05) is 32.9 Å². The Morgan fingerprint density at radius 3 is 2.65 bits per heavy atom. The summed E-state index contributed by atoms with van der Waals surface area (Å²) in [7, 11) is 0. The maximum Gasteiger partial charge on any atom is 0.277 e. The second-order valence-electron chi connectivity index (χ2n) is 7.35. The van der Waals surface area contributed by atoms with Crippen molar-refractivity contribution in [3.8, 4) is 16.4 Å². The Morgan fingerprint density at radius 2 is 1.90 bits per heavy atom. The predicted octanol–water partition coefficient (Wildman–Crippen LogP) is 5.05. The van der Waals surface area contributed by atoms with E-state index in [2.05, 4.69) is 15.4 Å². The zero-order chi connectivity index (χ0) is 22.1. The Morgan fingerprint density at radius 1 is 1.16 bits per heavy atom. The van der Waals surface area contributed by atoms with Gasteiger partial charge in [-0.2, -0.15) is 4.68 Å². The molecule has 2 heterocycles. The van der Waals surface area contributed by atoms with Gasteiger partial charge in [-0.1, -0.05) is 35.9 Å². The number of carbonyl (C=O) groups excluding carboxylic acids is 1. The number of H-pyrrole nitrogens is 1. The number of amides is 1. The molecule has 0 aliphatic rings. The molecule has 8 heteroatoms. The molecule has 158 valence electrons. The Balaban J connectivity index is 1.57. The lowest BCUT2D eigenvalue weighted by atomic mass is 10.1. The molecule has 31 heavy (non-hydrogen) atoms. The predicted molar refractivity (Wildman–Crippen MR) is 125 cm³/mol. The number of nitrogens with one attached hydrogen (secondary N) is 2. The lowest BCUT2D eigenvalue weighted by Crippen LogP contribution is -2.22. The molecule has 0 bridgehead atoms. The maximum atomic E-state index is 13.0. The van der Waals surface area contributed by atoms with Crippen LogP contribution in [0.4, 0.5) is 5.69 Å². The number of hydrogen-bond acceptors (Lipinski definition) is 4. The van der Waals surface area contributed by atoms with Crippen molar-refractivity contribution in [1.82, 2.24) is 14.8 Å². The van der Waals surface area contributed by atoms with Crippen LogP contribution < -0.4 is 10.9 Å². The molecule has 2 N–H and O–H groups in total. The number of aromatic nitrogens is 3. The van der Waals surface area contributed by atoms with Gasteiger partial charge in [-0.05, 0) is 50.1 Å². The summed E-state index contributed by atoms with van der Waals surface area (Å²) < 4.78 is 1.39. The fourth-order valence-electron chi connectivity index (χ4n) is 3.29. The molecule has 2 aromatic heterocycles. The molecule has 0 aliphatic heterocycles. The van der Waals surface area contributed by atoms with Crippen LogP contribution in [0.15, 0.2) is 52.6 Å². The molecule has 1 amide bonds. The largest absolute Gasteiger partial charge is 0.326 e. The molecule has 0 spiro atoms. The summed E-state index contributed by atoms with van der Waals surface area (Å²) in [6.45, 7) is 5.73. The number of hydrogen-bond donors (Lipinski definition) is 2. The van der Waals surface area contributed by atoms with Gasteiger partial charge in [0.1, 0.15) is 0 Å². The molecule has 0 atom stereocenters. The number of nitrogens with zero attached hydrogens (tertiary/aromatic N) is 2. The van der Waals surface area contributed by atoms with Crippen molar-refractivity contribution in [2.24, 2.45) is 0 Å². The van der Waals surface area contributed by atoms with E-state index in [4.69, 9.17) is 11.6 Å². The van der Waals surface area contributed by atoms with Crippen molar-refractivity contribution >= 4 is 34.5 Å².